The lowest BCUT2D eigenvalue weighted by molar-refractivity contribution is -0.156. The Hall–Kier alpha value is -8.89. The number of nitrogens with two attached hydrogens (primary N) is 1. The molecule has 0 aliphatic rings. The van der Waals surface area contributed by atoms with Gasteiger partial charge in [-0.25, -0.2) is 32.8 Å². The van der Waals surface area contributed by atoms with Crippen LogP contribution in [0.5, 0.6) is 0 Å². The van der Waals surface area contributed by atoms with Crippen molar-refractivity contribution in [3.8, 4) is 56.5 Å². The molecule has 8 aromatic rings. The summed E-state index contributed by atoms with van der Waals surface area (Å²) < 4.78 is 157. The molecule has 30 heteroatoms. The number of amides is 3. The van der Waals surface area contributed by atoms with Gasteiger partial charge in [0.05, 0.1) is 44.7 Å². The zero-order valence-corrected chi connectivity index (χ0v) is 39.8. The summed E-state index contributed by atoms with van der Waals surface area (Å²) in [5.41, 5.74) is -2.98. The van der Waals surface area contributed by atoms with E-state index in [1.165, 1.54) is 62.4 Å². The SMILES string of the molecule is CC(=O)NNC(=O)c1c(-c2c(F)cccc2Cl)noc1-c1cnn(-c2ccccc2F)c1C(F)(F)F.CC(=O)OC(C)=O.NNC(=O)c1c(-c2c(F)cccc2Cl)noc1-c1cnn(-c2ccccc2F)c1C(F)(F)F. The third-order valence-corrected chi connectivity index (χ3v) is 10.4. The minimum atomic E-state index is -5.12. The number of esters is 2. The number of para-hydroxylation sites is 2. The standard InChI is InChI=1S/C22H13ClF5N5O3.C20H11ClF5N5O2.C4H6O3/c1-10(34)30-31-21(35)17-18(16-12(23)5-4-7-14(16)25)32-36-19(17)11-9-29-33(20(11)22(26,27)28)15-8-3-2-6-13(15)24;21-10-4-3-6-12(23)14(10)16-15(19(32)29-27)17(33-30-16)9-8-28-31(18(9)20(24,25)26)13-7-2-1-5-11(13)22;1-3(5)7-4(2)6/h2-9H,1H3,(H,30,34)(H,31,35);1-8H,27H2,(H,29,32);1-2H3. The van der Waals surface area contributed by atoms with Crippen LogP contribution in [0.3, 0.4) is 0 Å². The van der Waals surface area contributed by atoms with Gasteiger partial charge in [0.15, 0.2) is 22.9 Å². The zero-order chi connectivity index (χ0) is 56.0. The van der Waals surface area contributed by atoms with Crippen molar-refractivity contribution in [3.05, 3.63) is 153 Å². The fourth-order valence-corrected chi connectivity index (χ4v) is 7.33. The quantitative estimate of drug-likeness (QED) is 0.0277. The average Bonchev–Trinajstić information content (AvgIpc) is 4.18. The van der Waals surface area contributed by atoms with Crippen molar-refractivity contribution < 1.29 is 81.7 Å². The number of rotatable bonds is 8. The number of hydrogen-bond donors (Lipinski definition) is 4. The number of carbonyl (C=O) groups excluding carboxylic acids is 5. The Bertz CT molecular complexity index is 3470. The number of ether oxygens (including phenoxy) is 1. The van der Waals surface area contributed by atoms with Gasteiger partial charge in [0.2, 0.25) is 5.91 Å². The Labute approximate surface area is 428 Å². The van der Waals surface area contributed by atoms with E-state index in [0.717, 1.165) is 49.5 Å². The number of benzene rings is 4. The molecule has 0 aliphatic heterocycles. The minimum Gasteiger partial charge on any atom is -0.394 e. The number of hydrazine groups is 2. The van der Waals surface area contributed by atoms with E-state index >= 15 is 0 Å². The van der Waals surface area contributed by atoms with Crippen LogP contribution in [0, 0.1) is 23.3 Å². The van der Waals surface area contributed by atoms with Crippen LogP contribution in [-0.2, 0) is 31.5 Å². The van der Waals surface area contributed by atoms with E-state index in [9.17, 15) is 67.9 Å². The van der Waals surface area contributed by atoms with Crippen LogP contribution in [0.25, 0.3) is 56.5 Å². The normalized spacial score (nSPS) is 11.2. The summed E-state index contributed by atoms with van der Waals surface area (Å²) in [5, 5.41) is 14.1. The van der Waals surface area contributed by atoms with E-state index in [2.05, 4.69) is 25.2 Å². The van der Waals surface area contributed by atoms with Gasteiger partial charge in [-0.15, -0.1) is 0 Å². The smallest absolute Gasteiger partial charge is 0.394 e. The first-order valence-electron chi connectivity index (χ1n) is 20.7. The largest absolute Gasteiger partial charge is 0.434 e. The molecule has 0 aliphatic carbocycles. The maximum Gasteiger partial charge on any atom is 0.434 e. The molecule has 0 saturated carbocycles. The molecule has 0 spiro atoms. The summed E-state index contributed by atoms with van der Waals surface area (Å²) in [6, 6.07) is 16.3. The van der Waals surface area contributed by atoms with Crippen LogP contribution in [0.15, 0.2) is 106 Å². The molecule has 3 amide bonds. The van der Waals surface area contributed by atoms with E-state index in [4.69, 9.17) is 38.1 Å². The van der Waals surface area contributed by atoms with Gasteiger partial charge in [0.1, 0.15) is 57.2 Å². The molecule has 0 bridgehead atoms. The molecule has 18 nitrogen and oxygen atoms in total. The van der Waals surface area contributed by atoms with Gasteiger partial charge in [-0.2, -0.15) is 36.5 Å². The third-order valence-electron chi connectivity index (χ3n) is 9.73. The lowest BCUT2D eigenvalue weighted by atomic mass is 10.0. The Balaban J connectivity index is 0.000000220. The molecule has 0 fully saturated rings. The molecule has 0 saturated heterocycles. The molecule has 5 N–H and O–H groups in total. The first kappa shape index (κ1) is 56.4. The predicted molar refractivity (Wildman–Crippen MR) is 244 cm³/mol. The molecule has 4 aromatic carbocycles. The van der Waals surface area contributed by atoms with Crippen molar-refractivity contribution >= 4 is 52.9 Å². The molecule has 8 rings (SSSR count). The fraction of sp³-hybridized carbons (Fsp3) is 0.109. The van der Waals surface area contributed by atoms with Gasteiger partial charge in [-0.3, -0.25) is 40.3 Å². The lowest BCUT2D eigenvalue weighted by Crippen LogP contribution is -2.40. The summed E-state index contributed by atoms with van der Waals surface area (Å²) in [6.07, 6.45) is -8.79. The summed E-state index contributed by atoms with van der Waals surface area (Å²) in [7, 11) is 0. The molecular formula is C46H30Cl2F10N10O8. The highest BCUT2D eigenvalue weighted by atomic mass is 35.5. The lowest BCUT2D eigenvalue weighted by Gasteiger charge is -2.13. The maximum atomic E-state index is 14.6. The molecule has 0 atom stereocenters. The Kier molecular flexibility index (Phi) is 17.2. The monoisotopic (exact) mass is 1110 g/mol. The summed E-state index contributed by atoms with van der Waals surface area (Å²) in [6.45, 7) is 3.42. The van der Waals surface area contributed by atoms with Gasteiger partial charge >= 0.3 is 24.3 Å². The first-order chi connectivity index (χ1) is 35.8. The predicted octanol–water partition coefficient (Wildman–Crippen LogP) is 9.77. The van der Waals surface area contributed by atoms with Gasteiger partial charge in [0.25, 0.3) is 11.8 Å². The van der Waals surface area contributed by atoms with Crippen LogP contribution in [-0.4, -0.2) is 59.5 Å². The zero-order valence-electron chi connectivity index (χ0n) is 38.3. The number of nitrogens with zero attached hydrogens (tertiary/aromatic N) is 6. The van der Waals surface area contributed by atoms with Gasteiger partial charge in [-0.1, -0.05) is 69.9 Å². The van der Waals surface area contributed by atoms with E-state index in [1.54, 1.807) is 5.43 Å². The number of alkyl halides is 6. The van der Waals surface area contributed by atoms with Gasteiger partial charge < -0.3 is 13.8 Å². The number of halogens is 12. The number of carbonyl (C=O) groups is 5. The van der Waals surface area contributed by atoms with Crippen molar-refractivity contribution in [2.75, 3.05) is 0 Å². The van der Waals surface area contributed by atoms with Crippen molar-refractivity contribution in [2.45, 2.75) is 33.1 Å². The third kappa shape index (κ3) is 12.2. The summed E-state index contributed by atoms with van der Waals surface area (Å²) >= 11 is 12.1. The minimum absolute atomic E-state index is 0.181. The van der Waals surface area contributed by atoms with Crippen molar-refractivity contribution in [2.24, 2.45) is 5.84 Å². The fourth-order valence-electron chi connectivity index (χ4n) is 6.83. The maximum absolute atomic E-state index is 14.6. The first-order valence-corrected chi connectivity index (χ1v) is 21.5. The van der Waals surface area contributed by atoms with E-state index < -0.39 is 139 Å². The van der Waals surface area contributed by atoms with Crippen LogP contribution >= 0.6 is 23.2 Å². The molecule has 0 unspecified atom stereocenters. The van der Waals surface area contributed by atoms with Crippen LogP contribution in [0.1, 0.15) is 52.9 Å². The molecule has 0 radical (unpaired) electrons. The van der Waals surface area contributed by atoms with Crippen molar-refractivity contribution in [1.82, 2.24) is 46.2 Å². The van der Waals surface area contributed by atoms with E-state index in [1.807, 2.05) is 10.9 Å². The van der Waals surface area contributed by atoms with Gasteiger partial charge in [-0.05, 0) is 48.5 Å². The second-order valence-electron chi connectivity index (χ2n) is 14.9. The molecule has 396 valence electrons. The second kappa shape index (κ2) is 23.1. The van der Waals surface area contributed by atoms with Crippen LogP contribution < -0.4 is 22.1 Å². The summed E-state index contributed by atoms with van der Waals surface area (Å²) in [5.74, 6) is -4.31. The highest BCUT2D eigenvalue weighted by molar-refractivity contribution is 6.34. The molecular weight excluding hydrogens is 1080 g/mol. The van der Waals surface area contributed by atoms with Crippen LogP contribution in [0.2, 0.25) is 10.0 Å². The topological polar surface area (TPSA) is 244 Å². The Morgan fingerprint density at radius 3 is 1.28 bits per heavy atom. The highest BCUT2D eigenvalue weighted by Gasteiger charge is 2.44. The van der Waals surface area contributed by atoms with Gasteiger partial charge in [0, 0.05) is 20.8 Å². The molecule has 4 heterocycles. The van der Waals surface area contributed by atoms with E-state index in [0.29, 0.717) is 15.6 Å². The molecule has 4 aromatic heterocycles. The van der Waals surface area contributed by atoms with Crippen LogP contribution in [0.4, 0.5) is 43.9 Å². The number of nitrogens with one attached hydrogen (secondary N) is 3. The Morgan fingerprint density at radius 2 is 0.947 bits per heavy atom. The van der Waals surface area contributed by atoms with Crippen molar-refractivity contribution in [3.63, 3.8) is 0 Å². The average molecular weight is 1110 g/mol. The van der Waals surface area contributed by atoms with Crippen molar-refractivity contribution in [1.29, 1.82) is 0 Å². The number of hydrogen-bond acceptors (Lipinski definition) is 13. The number of aromatic nitrogens is 6. The highest BCUT2D eigenvalue weighted by Crippen LogP contribution is 2.45. The second-order valence-corrected chi connectivity index (χ2v) is 15.7. The summed E-state index contributed by atoms with van der Waals surface area (Å²) in [4.78, 5) is 56.4. The number of nitrogen functional groups attached to an aromatic ring is 1. The Morgan fingerprint density at radius 1 is 0.566 bits per heavy atom. The van der Waals surface area contributed by atoms with E-state index in [-0.39, 0.29) is 15.6 Å². The molecule has 76 heavy (non-hydrogen) atoms.